The summed E-state index contributed by atoms with van der Waals surface area (Å²) >= 11 is 0. The summed E-state index contributed by atoms with van der Waals surface area (Å²) in [6, 6.07) is 0. The van der Waals surface area contributed by atoms with Gasteiger partial charge in [-0.1, -0.05) is 13.8 Å². The van der Waals surface area contributed by atoms with Crippen molar-refractivity contribution >= 4 is 12.3 Å². The number of aldehydes is 1. The molecule has 3 nitrogen and oxygen atoms in total. The van der Waals surface area contributed by atoms with Gasteiger partial charge in [0.1, 0.15) is 6.29 Å². The fraction of sp³-hybridized carbons (Fsp3) is 0.800. The van der Waals surface area contributed by atoms with Gasteiger partial charge in [0, 0.05) is 12.8 Å². The second-order valence-electron chi connectivity index (χ2n) is 4.22. The average Bonchev–Trinajstić information content (AvgIpc) is 2.56. The van der Waals surface area contributed by atoms with Crippen LogP contribution in [0.4, 0.5) is 0 Å². The molecule has 0 spiro atoms. The lowest BCUT2D eigenvalue weighted by molar-refractivity contribution is -0.141. The van der Waals surface area contributed by atoms with Crippen LogP contribution in [0.3, 0.4) is 0 Å². The Balaban J connectivity index is 2.45. The van der Waals surface area contributed by atoms with Gasteiger partial charge in [-0.3, -0.25) is 4.79 Å². The summed E-state index contributed by atoms with van der Waals surface area (Å²) in [6.45, 7) is 4.18. The lowest BCUT2D eigenvalue weighted by Gasteiger charge is -2.00. The highest BCUT2D eigenvalue weighted by atomic mass is 16.5. The maximum Gasteiger partial charge on any atom is 0.305 e. The number of hydrogen-bond acceptors (Lipinski definition) is 3. The topological polar surface area (TPSA) is 43.4 Å². The molecule has 0 aromatic heterocycles. The van der Waals surface area contributed by atoms with Crippen LogP contribution >= 0.6 is 0 Å². The van der Waals surface area contributed by atoms with Gasteiger partial charge >= 0.3 is 5.97 Å². The van der Waals surface area contributed by atoms with E-state index in [1.165, 1.54) is 7.11 Å². The average molecular weight is 184 g/mol. The van der Waals surface area contributed by atoms with Gasteiger partial charge in [-0.15, -0.1) is 0 Å². The molecule has 1 saturated carbocycles. The first-order valence-corrected chi connectivity index (χ1v) is 4.54. The quantitative estimate of drug-likeness (QED) is 0.490. The van der Waals surface area contributed by atoms with Gasteiger partial charge < -0.3 is 9.53 Å². The van der Waals surface area contributed by atoms with Crippen molar-refractivity contribution in [3.05, 3.63) is 0 Å². The van der Waals surface area contributed by atoms with Crippen LogP contribution in [0, 0.1) is 17.3 Å². The van der Waals surface area contributed by atoms with Gasteiger partial charge in [0.05, 0.1) is 7.11 Å². The Morgan fingerprint density at radius 3 is 2.54 bits per heavy atom. The number of carbonyl (C=O) groups is 2. The molecule has 2 unspecified atom stereocenters. The smallest absolute Gasteiger partial charge is 0.305 e. The van der Waals surface area contributed by atoms with Crippen LogP contribution in [0.15, 0.2) is 0 Å². The molecule has 74 valence electrons. The van der Waals surface area contributed by atoms with Crippen molar-refractivity contribution in [2.45, 2.75) is 26.7 Å². The molecule has 1 rings (SSSR count). The number of ether oxygens (including phenoxy) is 1. The van der Waals surface area contributed by atoms with Gasteiger partial charge in [0.2, 0.25) is 0 Å². The molecule has 13 heavy (non-hydrogen) atoms. The molecular weight excluding hydrogens is 168 g/mol. The van der Waals surface area contributed by atoms with Crippen LogP contribution in [-0.2, 0) is 14.3 Å². The van der Waals surface area contributed by atoms with Crippen molar-refractivity contribution in [3.63, 3.8) is 0 Å². The van der Waals surface area contributed by atoms with E-state index in [1.807, 2.05) is 0 Å². The summed E-state index contributed by atoms with van der Waals surface area (Å²) in [5.74, 6) is 0.515. The molecule has 1 aliphatic rings. The molecule has 3 heteroatoms. The zero-order valence-corrected chi connectivity index (χ0v) is 8.37. The van der Waals surface area contributed by atoms with E-state index in [9.17, 15) is 9.59 Å². The first-order chi connectivity index (χ1) is 6.04. The van der Waals surface area contributed by atoms with Crippen LogP contribution in [0.1, 0.15) is 26.7 Å². The van der Waals surface area contributed by atoms with E-state index in [4.69, 9.17) is 0 Å². The Morgan fingerprint density at radius 1 is 1.46 bits per heavy atom. The molecule has 0 aliphatic heterocycles. The van der Waals surface area contributed by atoms with Crippen molar-refractivity contribution in [2.75, 3.05) is 7.11 Å². The summed E-state index contributed by atoms with van der Waals surface area (Å²) in [4.78, 5) is 21.3. The summed E-state index contributed by atoms with van der Waals surface area (Å²) in [6.07, 6.45) is 1.94. The van der Waals surface area contributed by atoms with E-state index in [0.717, 1.165) is 6.29 Å². The molecule has 1 fully saturated rings. The maximum atomic E-state index is 11.0. The van der Waals surface area contributed by atoms with Gasteiger partial charge in [-0.05, 0) is 17.3 Å². The third-order valence-corrected chi connectivity index (χ3v) is 3.25. The molecule has 0 N–H and O–H groups in total. The Hall–Kier alpha value is -0.860. The zero-order valence-electron chi connectivity index (χ0n) is 8.37. The van der Waals surface area contributed by atoms with Crippen LogP contribution in [0.5, 0.6) is 0 Å². The monoisotopic (exact) mass is 184 g/mol. The Kier molecular flexibility index (Phi) is 2.74. The summed E-state index contributed by atoms with van der Waals surface area (Å²) in [5.41, 5.74) is 0.134. The van der Waals surface area contributed by atoms with Gasteiger partial charge in [-0.25, -0.2) is 0 Å². The highest BCUT2D eigenvalue weighted by molar-refractivity contribution is 5.70. The third kappa shape index (κ3) is 1.90. The maximum absolute atomic E-state index is 11.0. The van der Waals surface area contributed by atoms with E-state index in [0.29, 0.717) is 24.7 Å². The van der Waals surface area contributed by atoms with Gasteiger partial charge in [0.25, 0.3) is 0 Å². The molecule has 0 saturated heterocycles. The van der Waals surface area contributed by atoms with E-state index < -0.39 is 0 Å². The fourth-order valence-electron chi connectivity index (χ4n) is 2.10. The number of methoxy groups -OCH3 is 1. The minimum Gasteiger partial charge on any atom is -0.469 e. The number of carbonyl (C=O) groups excluding carboxylic acids is 2. The van der Waals surface area contributed by atoms with Crippen LogP contribution in [0.2, 0.25) is 0 Å². The first-order valence-electron chi connectivity index (χ1n) is 4.54. The fourth-order valence-corrected chi connectivity index (χ4v) is 2.10. The molecule has 0 amide bonds. The molecule has 0 aromatic carbocycles. The Bertz CT molecular complexity index is 220. The second kappa shape index (κ2) is 3.48. The van der Waals surface area contributed by atoms with Crippen molar-refractivity contribution in [3.8, 4) is 0 Å². The largest absolute Gasteiger partial charge is 0.469 e. The van der Waals surface area contributed by atoms with E-state index in [2.05, 4.69) is 18.6 Å². The molecule has 1 aliphatic carbocycles. The van der Waals surface area contributed by atoms with Crippen molar-refractivity contribution < 1.29 is 14.3 Å². The molecule has 0 bridgehead atoms. The number of esters is 1. The predicted octanol–water partition coefficient (Wildman–Crippen LogP) is 1.41. The SMILES string of the molecule is COC(=O)CC1C(CC=O)C1(C)C. The van der Waals surface area contributed by atoms with E-state index in [1.54, 1.807) is 0 Å². The lowest BCUT2D eigenvalue weighted by Crippen LogP contribution is -2.03. The van der Waals surface area contributed by atoms with Crippen LogP contribution in [0.25, 0.3) is 0 Å². The van der Waals surface area contributed by atoms with Crippen molar-refractivity contribution in [1.82, 2.24) is 0 Å². The lowest BCUT2D eigenvalue weighted by atomic mass is 10.1. The highest BCUT2D eigenvalue weighted by Crippen LogP contribution is 2.61. The highest BCUT2D eigenvalue weighted by Gasteiger charge is 2.57. The third-order valence-electron chi connectivity index (χ3n) is 3.25. The van der Waals surface area contributed by atoms with E-state index >= 15 is 0 Å². The predicted molar refractivity (Wildman–Crippen MR) is 48.1 cm³/mol. The minimum absolute atomic E-state index is 0.134. The van der Waals surface area contributed by atoms with Crippen LogP contribution < -0.4 is 0 Å². The normalized spacial score (nSPS) is 29.5. The van der Waals surface area contributed by atoms with E-state index in [-0.39, 0.29) is 11.4 Å². The van der Waals surface area contributed by atoms with Crippen molar-refractivity contribution in [2.24, 2.45) is 17.3 Å². The minimum atomic E-state index is -0.175. The molecule has 2 atom stereocenters. The molecule has 0 radical (unpaired) electrons. The summed E-state index contributed by atoms with van der Waals surface area (Å²) < 4.78 is 4.59. The molecule has 0 aromatic rings. The molecule has 0 heterocycles. The Labute approximate surface area is 78.5 Å². The Morgan fingerprint density at radius 2 is 2.08 bits per heavy atom. The summed E-state index contributed by atoms with van der Waals surface area (Å²) in [7, 11) is 1.40. The first kappa shape index (κ1) is 10.2. The second-order valence-corrected chi connectivity index (χ2v) is 4.22. The van der Waals surface area contributed by atoms with Gasteiger partial charge in [-0.2, -0.15) is 0 Å². The molecular formula is C10H16O3. The van der Waals surface area contributed by atoms with Crippen LogP contribution in [-0.4, -0.2) is 19.4 Å². The zero-order chi connectivity index (χ0) is 10.1. The van der Waals surface area contributed by atoms with Crippen molar-refractivity contribution in [1.29, 1.82) is 0 Å². The summed E-state index contributed by atoms with van der Waals surface area (Å²) in [5, 5.41) is 0. The standard InChI is InChI=1S/C10H16O3/c1-10(2)7(4-5-11)8(10)6-9(12)13-3/h5,7-8H,4,6H2,1-3H3. The van der Waals surface area contributed by atoms with Gasteiger partial charge in [0.15, 0.2) is 0 Å². The number of hydrogen-bond donors (Lipinski definition) is 0. The number of rotatable bonds is 4.